The van der Waals surface area contributed by atoms with Crippen LogP contribution in [0, 0.1) is 5.92 Å². The number of carbonyl (C=O) groups excluding carboxylic acids is 4. The second-order valence-electron chi connectivity index (χ2n) is 9.25. The molecule has 0 spiro atoms. The predicted molar refractivity (Wildman–Crippen MR) is 117 cm³/mol. The van der Waals surface area contributed by atoms with Gasteiger partial charge in [-0.05, 0) is 31.9 Å². The van der Waals surface area contributed by atoms with Gasteiger partial charge in [-0.3, -0.25) is 9.59 Å². The molecule has 2 bridgehead atoms. The van der Waals surface area contributed by atoms with E-state index in [0.717, 1.165) is 6.08 Å². The van der Waals surface area contributed by atoms with Gasteiger partial charge < -0.3 is 33.9 Å². The monoisotopic (exact) mass is 494 g/mol. The van der Waals surface area contributed by atoms with Crippen molar-refractivity contribution in [3.8, 4) is 0 Å². The van der Waals surface area contributed by atoms with Crippen LogP contribution >= 0.6 is 0 Å². The minimum absolute atomic E-state index is 0.00520. The Morgan fingerprint density at radius 2 is 1.86 bits per heavy atom. The first-order valence-corrected chi connectivity index (χ1v) is 11.2. The number of ether oxygens (including phenoxy) is 5. The van der Waals surface area contributed by atoms with Gasteiger partial charge in [0, 0.05) is 37.8 Å². The number of hydrogen-bond donors (Lipinski definition) is 2. The maximum atomic E-state index is 12.7. The van der Waals surface area contributed by atoms with Crippen LogP contribution in [0.5, 0.6) is 0 Å². The zero-order valence-electron chi connectivity index (χ0n) is 20.3. The lowest BCUT2D eigenvalue weighted by atomic mass is 9.84. The van der Waals surface area contributed by atoms with Crippen LogP contribution < -0.4 is 0 Å². The van der Waals surface area contributed by atoms with Crippen LogP contribution in [0.25, 0.3) is 0 Å². The van der Waals surface area contributed by atoms with Crippen molar-refractivity contribution in [3.05, 3.63) is 34.6 Å². The van der Waals surface area contributed by atoms with Crippen molar-refractivity contribution in [2.45, 2.75) is 71.1 Å². The molecule has 1 fully saturated rings. The lowest BCUT2D eigenvalue weighted by Crippen LogP contribution is -2.40. The summed E-state index contributed by atoms with van der Waals surface area (Å²) in [5.41, 5.74) is -0.850. The van der Waals surface area contributed by atoms with E-state index in [-0.39, 0.29) is 36.4 Å². The Balaban J connectivity index is 2.04. The number of fused-ring (bicyclic) bond motifs is 3. The molecule has 3 heterocycles. The molecule has 1 saturated heterocycles. The number of esters is 4. The molecular formula is C24H30O11. The Labute approximate surface area is 202 Å². The van der Waals surface area contributed by atoms with Gasteiger partial charge in [-0.25, -0.2) is 9.59 Å². The van der Waals surface area contributed by atoms with Crippen molar-refractivity contribution in [1.82, 2.24) is 0 Å². The molecule has 0 radical (unpaired) electrons. The first-order chi connectivity index (χ1) is 16.2. The summed E-state index contributed by atoms with van der Waals surface area (Å²) >= 11 is 0. The molecule has 0 aromatic carbocycles. The average Bonchev–Trinajstić information content (AvgIpc) is 3.16. The molecule has 35 heavy (non-hydrogen) atoms. The quantitative estimate of drug-likeness (QED) is 0.308. The number of aliphatic hydroxyl groups is 2. The Morgan fingerprint density at radius 3 is 2.49 bits per heavy atom. The molecule has 11 nitrogen and oxygen atoms in total. The second-order valence-corrected chi connectivity index (χ2v) is 9.25. The van der Waals surface area contributed by atoms with Gasteiger partial charge in [-0.2, -0.15) is 0 Å². The molecule has 0 aromatic heterocycles. The van der Waals surface area contributed by atoms with Crippen LogP contribution in [0.2, 0.25) is 0 Å². The molecule has 0 unspecified atom stereocenters. The summed E-state index contributed by atoms with van der Waals surface area (Å²) in [4.78, 5) is 47.8. The molecule has 3 rings (SSSR count). The molecule has 0 aliphatic carbocycles. The van der Waals surface area contributed by atoms with Crippen LogP contribution in [-0.2, 0) is 42.9 Å². The van der Waals surface area contributed by atoms with Crippen molar-refractivity contribution >= 4 is 23.9 Å². The molecule has 192 valence electrons. The van der Waals surface area contributed by atoms with Gasteiger partial charge in [-0.1, -0.05) is 6.92 Å². The Kier molecular flexibility index (Phi) is 7.53. The zero-order valence-corrected chi connectivity index (χ0v) is 20.3. The fourth-order valence-corrected chi connectivity index (χ4v) is 4.27. The predicted octanol–water partition coefficient (Wildman–Crippen LogP) is 0.976. The lowest BCUT2D eigenvalue weighted by Gasteiger charge is -2.32. The van der Waals surface area contributed by atoms with Crippen molar-refractivity contribution in [1.29, 1.82) is 0 Å². The number of hydrogen-bond acceptors (Lipinski definition) is 11. The molecule has 0 saturated carbocycles. The highest BCUT2D eigenvalue weighted by Crippen LogP contribution is 2.47. The molecule has 2 N–H and O–H groups in total. The molecule has 3 aliphatic heterocycles. The summed E-state index contributed by atoms with van der Waals surface area (Å²) in [6, 6.07) is 0. The molecule has 0 aromatic rings. The third kappa shape index (κ3) is 5.80. The number of carbonyl (C=O) groups is 4. The summed E-state index contributed by atoms with van der Waals surface area (Å²) in [6.07, 6.45) is 0.205. The van der Waals surface area contributed by atoms with E-state index in [9.17, 15) is 29.4 Å². The maximum absolute atomic E-state index is 12.7. The highest BCUT2D eigenvalue weighted by molar-refractivity contribution is 5.96. The third-order valence-corrected chi connectivity index (χ3v) is 6.21. The average molecular weight is 494 g/mol. The van der Waals surface area contributed by atoms with Gasteiger partial charge in [-0.15, -0.1) is 0 Å². The standard InChI is InChI=1S/C24H30O11/c1-12(10-31-14(3)25)6-20(28)33-17-7-13(2)24(30)9-19(27)23(5,35-24)8-18-21(17)16(22(29)34-18)11-32-15(4)26/h6,8,13,17,19,27,30H,7,9-11H2,1-5H3/b12-6-,18-8+/t13-,17-,19-,23+,24+/m0/s1. The Morgan fingerprint density at radius 1 is 1.20 bits per heavy atom. The van der Waals surface area contributed by atoms with Gasteiger partial charge in [0.1, 0.15) is 30.7 Å². The van der Waals surface area contributed by atoms with E-state index < -0.39 is 60.0 Å². The van der Waals surface area contributed by atoms with Crippen LogP contribution in [-0.4, -0.2) is 70.9 Å². The molecule has 5 atom stereocenters. The van der Waals surface area contributed by atoms with Gasteiger partial charge in [0.2, 0.25) is 0 Å². The zero-order chi connectivity index (χ0) is 26.1. The summed E-state index contributed by atoms with van der Waals surface area (Å²) in [7, 11) is 0. The fourth-order valence-electron chi connectivity index (χ4n) is 4.27. The van der Waals surface area contributed by atoms with Crippen molar-refractivity contribution < 1.29 is 53.1 Å². The highest BCUT2D eigenvalue weighted by atomic mass is 16.7. The molecule has 3 aliphatic rings. The Bertz CT molecular complexity index is 1020. The fraction of sp³-hybridized carbons (Fsp3) is 0.583. The molecule has 0 amide bonds. The second kappa shape index (κ2) is 9.92. The van der Waals surface area contributed by atoms with Crippen LogP contribution in [0.4, 0.5) is 0 Å². The van der Waals surface area contributed by atoms with E-state index in [4.69, 9.17) is 23.7 Å². The van der Waals surface area contributed by atoms with Gasteiger partial charge in [0.05, 0.1) is 11.7 Å². The Hall–Kier alpha value is -3.02. The van der Waals surface area contributed by atoms with E-state index >= 15 is 0 Å². The minimum atomic E-state index is -1.74. The van der Waals surface area contributed by atoms with E-state index in [1.807, 2.05) is 0 Å². The summed E-state index contributed by atoms with van der Waals surface area (Å²) in [6.45, 7) is 6.67. The summed E-state index contributed by atoms with van der Waals surface area (Å²) < 4.78 is 26.8. The van der Waals surface area contributed by atoms with E-state index in [1.165, 1.54) is 19.9 Å². The number of rotatable bonds is 6. The minimum Gasteiger partial charge on any atom is -0.461 e. The third-order valence-electron chi connectivity index (χ3n) is 6.21. The molecule has 11 heteroatoms. The van der Waals surface area contributed by atoms with E-state index in [1.54, 1.807) is 20.8 Å². The summed E-state index contributed by atoms with van der Waals surface area (Å²) in [5, 5.41) is 21.8. The maximum Gasteiger partial charge on any atom is 0.343 e. The van der Waals surface area contributed by atoms with Gasteiger partial charge in [0.15, 0.2) is 5.79 Å². The van der Waals surface area contributed by atoms with E-state index in [2.05, 4.69) is 0 Å². The largest absolute Gasteiger partial charge is 0.461 e. The highest BCUT2D eigenvalue weighted by Gasteiger charge is 2.56. The van der Waals surface area contributed by atoms with Crippen LogP contribution in [0.1, 0.15) is 47.5 Å². The van der Waals surface area contributed by atoms with Crippen molar-refractivity contribution in [3.63, 3.8) is 0 Å². The normalized spacial score (nSPS) is 34.0. The SMILES string of the molecule is CC(=O)OCC1=C2/C(=C\[C@@]3(C)O[C@](O)(C[C@@H]3O)[C@@H](C)C[C@@H]2OC(=O)/C=C(/C)COC(C)=O)OC1=O. The summed E-state index contributed by atoms with van der Waals surface area (Å²) in [5.74, 6) is -5.13. The van der Waals surface area contributed by atoms with E-state index in [0.29, 0.717) is 5.57 Å². The molecular weight excluding hydrogens is 464 g/mol. The topological polar surface area (TPSA) is 155 Å². The van der Waals surface area contributed by atoms with Gasteiger partial charge >= 0.3 is 23.9 Å². The first-order valence-electron chi connectivity index (χ1n) is 11.2. The smallest absolute Gasteiger partial charge is 0.343 e. The van der Waals surface area contributed by atoms with Gasteiger partial charge in [0.25, 0.3) is 0 Å². The first kappa shape index (κ1) is 26.6. The number of aliphatic hydroxyl groups excluding tert-OH is 1. The lowest BCUT2D eigenvalue weighted by molar-refractivity contribution is -0.240. The van der Waals surface area contributed by atoms with Crippen molar-refractivity contribution in [2.24, 2.45) is 5.92 Å². The van der Waals surface area contributed by atoms with Crippen LogP contribution in [0.15, 0.2) is 34.6 Å². The van der Waals surface area contributed by atoms with Crippen LogP contribution in [0.3, 0.4) is 0 Å². The van der Waals surface area contributed by atoms with Crippen molar-refractivity contribution in [2.75, 3.05) is 13.2 Å².